The molecule has 0 spiro atoms. The second kappa shape index (κ2) is 17.9. The van der Waals surface area contributed by atoms with Crippen LogP contribution in [-0.4, -0.2) is 102 Å². The number of ketones is 1. The van der Waals surface area contributed by atoms with E-state index in [1.165, 1.54) is 4.90 Å². The van der Waals surface area contributed by atoms with Crippen molar-refractivity contribution in [1.29, 1.82) is 0 Å². The molecule has 1 saturated heterocycles. The van der Waals surface area contributed by atoms with Gasteiger partial charge >= 0.3 is 6.09 Å². The first-order valence-corrected chi connectivity index (χ1v) is 14.3. The number of nitrogens with two attached hydrogens (primary N) is 1. The maximum atomic E-state index is 13.4. The lowest BCUT2D eigenvalue weighted by atomic mass is 10.0. The maximum Gasteiger partial charge on any atom is 0.407 e. The second-order valence-corrected chi connectivity index (χ2v) is 11.0. The lowest BCUT2D eigenvalue weighted by molar-refractivity contribution is -0.143. The summed E-state index contributed by atoms with van der Waals surface area (Å²) in [6, 6.07) is -4.20. The van der Waals surface area contributed by atoms with Crippen LogP contribution in [0, 0.1) is 11.8 Å². The summed E-state index contributed by atoms with van der Waals surface area (Å²) in [5.74, 6) is -5.03. The van der Waals surface area contributed by atoms with E-state index in [0.29, 0.717) is 19.3 Å². The van der Waals surface area contributed by atoms with Crippen LogP contribution in [0.3, 0.4) is 0 Å². The molecule has 4 atom stereocenters. The Hall–Kier alpha value is -3.75. The Bertz CT molecular complexity index is 987. The normalized spacial score (nSPS) is 16.8. The molecular formula is C27H46N6O9. The highest BCUT2D eigenvalue weighted by atomic mass is 16.5. The standard InChI is InChI=1S/C27H46N6O9/c1-6-8-17(22(36)25(39)29-13-20(35)30-18(10-12-34)23(28)37)31-24(38)19-9-7-11-33(19)26(40)21(16(4)5)32-27(41)42-14-15(2)3/h15-19,21,34H,6-14H2,1-5H3,(H2,28,37)(H,29,39)(H,30,35)(H,31,38)(H,32,41)/t17?,18?,19-,21?/m0/s1. The summed E-state index contributed by atoms with van der Waals surface area (Å²) in [7, 11) is 0. The van der Waals surface area contributed by atoms with Gasteiger partial charge in [0.25, 0.3) is 5.91 Å². The molecule has 1 heterocycles. The quantitative estimate of drug-likeness (QED) is 0.109. The van der Waals surface area contributed by atoms with E-state index in [1.807, 2.05) is 13.8 Å². The number of carbonyl (C=O) groups is 7. The summed E-state index contributed by atoms with van der Waals surface area (Å²) in [6.45, 7) is 8.44. The zero-order valence-electron chi connectivity index (χ0n) is 25.1. The molecule has 1 aliphatic rings. The minimum absolute atomic E-state index is 0.111. The van der Waals surface area contributed by atoms with Crippen molar-refractivity contribution < 1.29 is 43.4 Å². The molecule has 1 fully saturated rings. The van der Waals surface area contributed by atoms with E-state index in [0.717, 1.165) is 0 Å². The van der Waals surface area contributed by atoms with E-state index in [-0.39, 0.29) is 37.8 Å². The summed E-state index contributed by atoms with van der Waals surface area (Å²) in [5.41, 5.74) is 5.15. The Morgan fingerprint density at radius 1 is 0.976 bits per heavy atom. The smallest absolute Gasteiger partial charge is 0.407 e. The van der Waals surface area contributed by atoms with Gasteiger partial charge in [-0.05, 0) is 37.5 Å². The Kier molecular flexibility index (Phi) is 15.5. The number of hydrogen-bond donors (Lipinski definition) is 6. The lowest BCUT2D eigenvalue weighted by Gasteiger charge is -2.31. The number of nitrogens with one attached hydrogen (secondary N) is 4. The van der Waals surface area contributed by atoms with Crippen LogP contribution in [0.4, 0.5) is 4.79 Å². The third kappa shape index (κ3) is 11.6. The molecule has 0 aromatic heterocycles. The van der Waals surface area contributed by atoms with Crippen molar-refractivity contribution in [2.75, 3.05) is 26.3 Å². The Morgan fingerprint density at radius 3 is 2.19 bits per heavy atom. The molecular weight excluding hydrogens is 552 g/mol. The van der Waals surface area contributed by atoms with E-state index in [9.17, 15) is 33.6 Å². The number of amides is 6. The van der Waals surface area contributed by atoms with Gasteiger partial charge in [0.2, 0.25) is 29.4 Å². The number of nitrogens with zero attached hydrogens (tertiary/aromatic N) is 1. The lowest BCUT2D eigenvalue weighted by Crippen LogP contribution is -2.57. The van der Waals surface area contributed by atoms with Gasteiger partial charge in [-0.2, -0.15) is 0 Å². The summed E-state index contributed by atoms with van der Waals surface area (Å²) < 4.78 is 5.14. The first-order valence-electron chi connectivity index (χ1n) is 14.3. The second-order valence-electron chi connectivity index (χ2n) is 11.0. The fraction of sp³-hybridized carbons (Fsp3) is 0.741. The predicted molar refractivity (Wildman–Crippen MR) is 150 cm³/mol. The van der Waals surface area contributed by atoms with Crippen LogP contribution in [0.15, 0.2) is 0 Å². The SMILES string of the molecule is CCCC(NC(=O)[C@@H]1CCCN1C(=O)C(NC(=O)OCC(C)C)C(C)C)C(=O)C(=O)NCC(=O)NC(CCO)C(N)=O. The number of Topliss-reactive ketones (excluding diaryl/α,β-unsaturated/α-hetero) is 1. The zero-order chi connectivity index (χ0) is 32.0. The number of rotatable bonds is 17. The van der Waals surface area contributed by atoms with Gasteiger partial charge in [-0.3, -0.25) is 28.8 Å². The van der Waals surface area contributed by atoms with Crippen molar-refractivity contribution in [2.45, 2.75) is 90.9 Å². The highest BCUT2D eigenvalue weighted by molar-refractivity contribution is 6.38. The molecule has 1 aliphatic heterocycles. The summed E-state index contributed by atoms with van der Waals surface area (Å²) >= 11 is 0. The monoisotopic (exact) mass is 598 g/mol. The van der Waals surface area contributed by atoms with E-state index >= 15 is 0 Å². The van der Waals surface area contributed by atoms with Crippen LogP contribution in [0.5, 0.6) is 0 Å². The van der Waals surface area contributed by atoms with Gasteiger partial charge in [-0.25, -0.2) is 4.79 Å². The van der Waals surface area contributed by atoms with Crippen molar-refractivity contribution in [3.63, 3.8) is 0 Å². The summed E-state index contributed by atoms with van der Waals surface area (Å²) in [4.78, 5) is 89.0. The number of carbonyl (C=O) groups excluding carboxylic acids is 7. The van der Waals surface area contributed by atoms with Gasteiger partial charge in [0.1, 0.15) is 18.1 Å². The van der Waals surface area contributed by atoms with Crippen molar-refractivity contribution in [3.05, 3.63) is 0 Å². The first kappa shape index (κ1) is 36.3. The molecule has 15 heteroatoms. The molecule has 1 rings (SSSR count). The van der Waals surface area contributed by atoms with Crippen LogP contribution in [-0.2, 0) is 33.5 Å². The molecule has 6 amide bonds. The molecule has 0 radical (unpaired) electrons. The van der Waals surface area contributed by atoms with Crippen LogP contribution >= 0.6 is 0 Å². The Morgan fingerprint density at radius 2 is 1.64 bits per heavy atom. The maximum absolute atomic E-state index is 13.4. The number of alkyl carbamates (subject to hydrolysis) is 1. The van der Waals surface area contributed by atoms with Crippen molar-refractivity contribution in [1.82, 2.24) is 26.2 Å². The first-order chi connectivity index (χ1) is 19.7. The van der Waals surface area contributed by atoms with Gasteiger partial charge in [0, 0.05) is 13.2 Å². The summed E-state index contributed by atoms with van der Waals surface area (Å²) in [5, 5.41) is 18.5. The average Bonchev–Trinajstić information content (AvgIpc) is 3.42. The number of ether oxygens (including phenoxy) is 1. The van der Waals surface area contributed by atoms with Crippen LogP contribution in [0.1, 0.15) is 66.7 Å². The number of likely N-dealkylation sites (tertiary alicyclic amines) is 1. The number of aliphatic hydroxyl groups is 1. The van der Waals surface area contributed by atoms with Gasteiger partial charge in [0.05, 0.1) is 19.2 Å². The third-order valence-electron chi connectivity index (χ3n) is 6.53. The molecule has 0 bridgehead atoms. The summed E-state index contributed by atoms with van der Waals surface area (Å²) in [6.07, 6.45) is 0.573. The minimum atomic E-state index is -1.21. The van der Waals surface area contributed by atoms with Crippen molar-refractivity contribution >= 4 is 41.4 Å². The van der Waals surface area contributed by atoms with E-state index in [1.54, 1.807) is 20.8 Å². The van der Waals surface area contributed by atoms with Crippen molar-refractivity contribution in [2.24, 2.45) is 17.6 Å². The molecule has 0 aromatic rings. The van der Waals surface area contributed by atoms with Crippen molar-refractivity contribution in [3.8, 4) is 0 Å². The van der Waals surface area contributed by atoms with Gasteiger partial charge < -0.3 is 41.7 Å². The Labute approximate surface area is 246 Å². The third-order valence-corrected chi connectivity index (χ3v) is 6.53. The number of primary amides is 1. The highest BCUT2D eigenvalue weighted by Gasteiger charge is 2.40. The molecule has 42 heavy (non-hydrogen) atoms. The minimum Gasteiger partial charge on any atom is -0.449 e. The average molecular weight is 599 g/mol. The molecule has 15 nitrogen and oxygen atoms in total. The molecule has 238 valence electrons. The van der Waals surface area contributed by atoms with Gasteiger partial charge in [0.15, 0.2) is 0 Å². The van der Waals surface area contributed by atoms with Crippen LogP contribution < -0.4 is 27.0 Å². The van der Waals surface area contributed by atoms with Crippen LogP contribution in [0.25, 0.3) is 0 Å². The van der Waals surface area contributed by atoms with E-state index < -0.39 is 78.7 Å². The van der Waals surface area contributed by atoms with E-state index in [4.69, 9.17) is 15.6 Å². The highest BCUT2D eigenvalue weighted by Crippen LogP contribution is 2.21. The fourth-order valence-electron chi connectivity index (χ4n) is 4.30. The zero-order valence-corrected chi connectivity index (χ0v) is 25.1. The molecule has 0 aliphatic carbocycles. The number of hydrogen-bond acceptors (Lipinski definition) is 9. The van der Waals surface area contributed by atoms with Crippen LogP contribution in [0.2, 0.25) is 0 Å². The molecule has 0 aromatic carbocycles. The molecule has 7 N–H and O–H groups in total. The Balaban J connectivity index is 2.86. The van der Waals surface area contributed by atoms with Gasteiger partial charge in [-0.1, -0.05) is 41.0 Å². The predicted octanol–water partition coefficient (Wildman–Crippen LogP) is -1.29. The van der Waals surface area contributed by atoms with Gasteiger partial charge in [-0.15, -0.1) is 0 Å². The number of aliphatic hydroxyl groups excluding tert-OH is 1. The fourth-order valence-corrected chi connectivity index (χ4v) is 4.30. The topological polar surface area (TPSA) is 226 Å². The van der Waals surface area contributed by atoms with E-state index in [2.05, 4.69) is 21.3 Å². The largest absolute Gasteiger partial charge is 0.449 e. The molecule has 3 unspecified atom stereocenters. The molecule has 0 saturated carbocycles.